The van der Waals surface area contributed by atoms with Crippen LogP contribution in [0.1, 0.15) is 49.8 Å². The van der Waals surface area contributed by atoms with E-state index in [1.54, 1.807) is 13.3 Å². The number of phenolic OH excluding ortho intramolecular Hbond substituents is 1. The van der Waals surface area contributed by atoms with Crippen LogP contribution in [0.5, 0.6) is 11.8 Å². The monoisotopic (exact) mass is 751 g/mol. The highest BCUT2D eigenvalue weighted by atomic mass is 19.1. The van der Waals surface area contributed by atoms with Crippen LogP contribution in [0.25, 0.3) is 32.9 Å². The normalized spacial score (nSPS) is 23.5. The average Bonchev–Trinajstić information content (AvgIpc) is 3.97. The summed E-state index contributed by atoms with van der Waals surface area (Å²) >= 11 is 0. The molecule has 4 aliphatic heterocycles. The number of ether oxygens (including phenoxy) is 3. The SMILES string of the molecule is C#Cc1c(F)ccc2cc(O)cc(-c3ncc4c(N5C[C@H]6CC[C@@H](C5)N6)nc(OC[C@]56CCCN5[C@@H](Cn5cc(COCCOC)nn5)CC6)nc4c3F)c12. The topological polar surface area (TPSA) is 136 Å². The molecule has 0 amide bonds. The maximum atomic E-state index is 17.1. The maximum absolute atomic E-state index is 17.1. The Morgan fingerprint density at radius 1 is 1.09 bits per heavy atom. The minimum absolute atomic E-state index is 0.0318. The zero-order valence-corrected chi connectivity index (χ0v) is 30.7. The minimum Gasteiger partial charge on any atom is -0.508 e. The predicted molar refractivity (Wildman–Crippen MR) is 201 cm³/mol. The van der Waals surface area contributed by atoms with E-state index in [-0.39, 0.29) is 51.1 Å². The van der Waals surface area contributed by atoms with E-state index in [9.17, 15) is 9.50 Å². The molecule has 15 heteroatoms. The zero-order valence-electron chi connectivity index (χ0n) is 30.7. The molecular formula is C40H43F2N9O4. The first-order valence-electron chi connectivity index (χ1n) is 19.0. The Morgan fingerprint density at radius 3 is 2.76 bits per heavy atom. The fraction of sp³-hybridized carbons (Fsp3) is 0.475. The van der Waals surface area contributed by atoms with Gasteiger partial charge in [-0.2, -0.15) is 9.97 Å². The number of hydrogen-bond donors (Lipinski definition) is 2. The highest BCUT2D eigenvalue weighted by Gasteiger charge is 2.50. The molecule has 13 nitrogen and oxygen atoms in total. The Hall–Kier alpha value is -5.01. The molecule has 0 unspecified atom stereocenters. The summed E-state index contributed by atoms with van der Waals surface area (Å²) in [4.78, 5) is 18.9. The number of piperazine rings is 1. The number of aromatic nitrogens is 6. The first-order chi connectivity index (χ1) is 26.8. The number of anilines is 1. The van der Waals surface area contributed by atoms with E-state index < -0.39 is 11.6 Å². The summed E-state index contributed by atoms with van der Waals surface area (Å²) in [6.45, 7) is 4.79. The van der Waals surface area contributed by atoms with E-state index in [0.29, 0.717) is 74.7 Å². The molecule has 2 bridgehead atoms. The molecule has 0 saturated carbocycles. The number of methoxy groups -OCH3 is 1. The number of aromatic hydroxyl groups is 1. The molecule has 7 heterocycles. The molecule has 9 rings (SSSR count). The lowest BCUT2D eigenvalue weighted by molar-refractivity contribution is 0.0601. The molecule has 0 radical (unpaired) electrons. The van der Waals surface area contributed by atoms with E-state index in [1.807, 2.05) is 10.9 Å². The van der Waals surface area contributed by atoms with Gasteiger partial charge in [-0.05, 0) is 68.7 Å². The number of hydrogen-bond acceptors (Lipinski definition) is 12. The van der Waals surface area contributed by atoms with Crippen molar-refractivity contribution in [2.75, 3.05) is 51.5 Å². The number of benzene rings is 2. The van der Waals surface area contributed by atoms with Gasteiger partial charge in [0, 0.05) is 55.5 Å². The number of halogens is 2. The molecule has 3 aromatic heterocycles. The third-order valence-electron chi connectivity index (χ3n) is 11.8. The van der Waals surface area contributed by atoms with E-state index in [1.165, 1.54) is 24.3 Å². The Morgan fingerprint density at radius 2 is 1.95 bits per heavy atom. The number of rotatable bonds is 12. The number of fused-ring (bicyclic) bond motifs is 5. The molecular weight excluding hydrogens is 708 g/mol. The third-order valence-corrected chi connectivity index (χ3v) is 11.8. The van der Waals surface area contributed by atoms with Gasteiger partial charge in [-0.3, -0.25) is 14.6 Å². The quantitative estimate of drug-likeness (QED) is 0.137. The van der Waals surface area contributed by atoms with Crippen LogP contribution in [0.3, 0.4) is 0 Å². The molecule has 4 fully saturated rings. The Bertz CT molecular complexity index is 2290. The van der Waals surface area contributed by atoms with Crippen LogP contribution in [0, 0.1) is 24.0 Å². The molecule has 4 atom stereocenters. The Balaban J connectivity index is 1.04. The smallest absolute Gasteiger partial charge is 0.319 e. The fourth-order valence-electron chi connectivity index (χ4n) is 9.27. The van der Waals surface area contributed by atoms with Crippen LogP contribution < -0.4 is 15.0 Å². The molecule has 4 aliphatic rings. The number of nitrogens with zero attached hydrogens (tertiary/aromatic N) is 8. The molecule has 0 spiro atoms. The van der Waals surface area contributed by atoms with Crippen LogP contribution in [0.2, 0.25) is 0 Å². The van der Waals surface area contributed by atoms with Crippen LogP contribution in [0.15, 0.2) is 36.7 Å². The van der Waals surface area contributed by atoms with Crippen molar-refractivity contribution >= 4 is 27.5 Å². The van der Waals surface area contributed by atoms with Crippen molar-refractivity contribution in [2.45, 2.75) is 75.3 Å². The molecule has 5 aromatic rings. The summed E-state index contributed by atoms with van der Waals surface area (Å²) < 4.78 is 51.1. The number of phenols is 1. The molecule has 2 N–H and O–H groups in total. The fourth-order valence-corrected chi connectivity index (χ4v) is 9.27. The van der Waals surface area contributed by atoms with Crippen molar-refractivity contribution < 1.29 is 28.1 Å². The minimum atomic E-state index is -0.735. The van der Waals surface area contributed by atoms with Gasteiger partial charge in [-0.15, -0.1) is 11.5 Å². The van der Waals surface area contributed by atoms with E-state index in [2.05, 4.69) is 36.3 Å². The summed E-state index contributed by atoms with van der Waals surface area (Å²) in [5.74, 6) is 1.47. The van der Waals surface area contributed by atoms with Crippen molar-refractivity contribution in [3.8, 4) is 35.4 Å². The number of terminal acetylenes is 1. The van der Waals surface area contributed by atoms with Gasteiger partial charge in [0.05, 0.1) is 49.1 Å². The lowest BCUT2D eigenvalue weighted by Crippen LogP contribution is -2.51. The molecule has 0 aliphatic carbocycles. The van der Waals surface area contributed by atoms with Gasteiger partial charge in [-0.1, -0.05) is 17.2 Å². The summed E-state index contributed by atoms with van der Waals surface area (Å²) in [5.41, 5.74) is 0.609. The second-order valence-electron chi connectivity index (χ2n) is 15.2. The van der Waals surface area contributed by atoms with E-state index in [0.717, 1.165) is 50.8 Å². The lowest BCUT2D eigenvalue weighted by Gasteiger charge is -2.35. The second kappa shape index (κ2) is 14.6. The first-order valence-corrected chi connectivity index (χ1v) is 19.0. The van der Waals surface area contributed by atoms with Gasteiger partial charge in [0.2, 0.25) is 0 Å². The Labute approximate surface area is 317 Å². The number of nitrogens with one attached hydrogen (secondary N) is 1. The highest BCUT2D eigenvalue weighted by Crippen LogP contribution is 2.44. The predicted octanol–water partition coefficient (Wildman–Crippen LogP) is 4.58. The van der Waals surface area contributed by atoms with Crippen molar-refractivity contribution in [1.29, 1.82) is 0 Å². The van der Waals surface area contributed by atoms with Gasteiger partial charge >= 0.3 is 6.01 Å². The van der Waals surface area contributed by atoms with Gasteiger partial charge in [-0.25, -0.2) is 8.78 Å². The van der Waals surface area contributed by atoms with Crippen LogP contribution in [-0.2, 0) is 22.6 Å². The van der Waals surface area contributed by atoms with Crippen molar-refractivity contribution in [3.05, 3.63) is 59.6 Å². The van der Waals surface area contributed by atoms with Gasteiger partial charge in [0.25, 0.3) is 0 Å². The van der Waals surface area contributed by atoms with Gasteiger partial charge < -0.3 is 29.5 Å². The van der Waals surface area contributed by atoms with Gasteiger partial charge in [0.15, 0.2) is 5.82 Å². The number of pyridine rings is 1. The zero-order chi connectivity index (χ0) is 37.7. The van der Waals surface area contributed by atoms with E-state index >= 15 is 4.39 Å². The van der Waals surface area contributed by atoms with Crippen LogP contribution >= 0.6 is 0 Å². The van der Waals surface area contributed by atoms with Crippen LogP contribution in [-0.4, -0.2) is 110 Å². The lowest BCUT2D eigenvalue weighted by atomic mass is 9.95. The van der Waals surface area contributed by atoms with Crippen molar-refractivity contribution in [2.24, 2.45) is 0 Å². The van der Waals surface area contributed by atoms with E-state index in [4.69, 9.17) is 30.6 Å². The summed E-state index contributed by atoms with van der Waals surface area (Å²) in [7, 11) is 1.64. The standard InChI is InChI=1S/C40H43F2N9O4/c1-3-30-33(41)8-5-24-15-29(52)16-31(34(24)30)36-35(42)37-32(17-43-36)38(49-18-25-6-7-26(19-49)44-25)46-39(45-37)55-23-40-10-4-12-51(40)28(9-11-40)21-50-20-27(47-48-50)22-54-14-13-53-2/h1,5,8,15-17,20,25-26,28,44,52H,4,6-7,9-14,18-19,21-23H2,2H3/t25-,26+,28-,40-/m1/s1. The molecule has 286 valence electrons. The molecule has 55 heavy (non-hydrogen) atoms. The molecule has 2 aromatic carbocycles. The second-order valence-corrected chi connectivity index (χ2v) is 15.2. The van der Waals surface area contributed by atoms with Crippen molar-refractivity contribution in [1.82, 2.24) is 40.2 Å². The average molecular weight is 752 g/mol. The molecule has 4 saturated heterocycles. The first kappa shape index (κ1) is 35.7. The third kappa shape index (κ3) is 6.60. The summed E-state index contributed by atoms with van der Waals surface area (Å²) in [5, 5.41) is 24.1. The summed E-state index contributed by atoms with van der Waals surface area (Å²) in [6, 6.07) is 6.49. The maximum Gasteiger partial charge on any atom is 0.319 e. The largest absolute Gasteiger partial charge is 0.508 e. The summed E-state index contributed by atoms with van der Waals surface area (Å²) in [6.07, 6.45) is 15.2. The Kier molecular flexibility index (Phi) is 9.45. The van der Waals surface area contributed by atoms with Crippen LogP contribution in [0.4, 0.5) is 14.6 Å². The van der Waals surface area contributed by atoms with Crippen molar-refractivity contribution in [3.63, 3.8) is 0 Å². The highest BCUT2D eigenvalue weighted by molar-refractivity contribution is 6.03. The van der Waals surface area contributed by atoms with Gasteiger partial charge in [0.1, 0.15) is 40.9 Å².